The molecule has 1 aliphatic heterocycles. The summed E-state index contributed by atoms with van der Waals surface area (Å²) in [4.78, 5) is 14.2. The Kier molecular flexibility index (Phi) is 4.37. The third kappa shape index (κ3) is 3.56. The van der Waals surface area contributed by atoms with E-state index in [1.807, 2.05) is 61.5 Å². The summed E-state index contributed by atoms with van der Waals surface area (Å²) in [5, 5.41) is 2.95. The summed E-state index contributed by atoms with van der Waals surface area (Å²) in [5.74, 6) is 1.49. The van der Waals surface area contributed by atoms with Crippen molar-refractivity contribution in [2.45, 2.75) is 6.42 Å². The van der Waals surface area contributed by atoms with Gasteiger partial charge in [0.25, 0.3) is 5.91 Å². The van der Waals surface area contributed by atoms with Crippen LogP contribution in [0, 0.1) is 0 Å². The van der Waals surface area contributed by atoms with Crippen LogP contribution in [-0.2, 0) is 6.42 Å². The predicted octanol–water partition coefficient (Wildman–Crippen LogP) is 2.45. The molecule has 23 heavy (non-hydrogen) atoms. The van der Waals surface area contributed by atoms with Gasteiger partial charge in [0.1, 0.15) is 0 Å². The van der Waals surface area contributed by atoms with Crippen molar-refractivity contribution in [3.05, 3.63) is 53.6 Å². The summed E-state index contributed by atoms with van der Waals surface area (Å²) in [5.41, 5.74) is 2.78. The molecule has 0 saturated heterocycles. The number of anilines is 1. The zero-order valence-corrected chi connectivity index (χ0v) is 13.3. The van der Waals surface area contributed by atoms with Crippen LogP contribution >= 0.6 is 0 Å². The molecule has 0 atom stereocenters. The van der Waals surface area contributed by atoms with Gasteiger partial charge in [0.05, 0.1) is 0 Å². The number of nitrogens with zero attached hydrogens (tertiary/aromatic N) is 1. The number of amides is 1. The molecular formula is C18H20N2O3. The molecule has 0 spiro atoms. The number of carbonyl (C=O) groups is 1. The fourth-order valence-corrected chi connectivity index (χ4v) is 2.44. The van der Waals surface area contributed by atoms with E-state index in [2.05, 4.69) is 5.32 Å². The Labute approximate surface area is 135 Å². The molecule has 0 bridgehead atoms. The largest absolute Gasteiger partial charge is 0.454 e. The minimum absolute atomic E-state index is 0.0607. The van der Waals surface area contributed by atoms with Crippen LogP contribution in [0.25, 0.3) is 0 Å². The average Bonchev–Trinajstić information content (AvgIpc) is 3.02. The lowest BCUT2D eigenvalue weighted by Crippen LogP contribution is -2.25. The molecule has 2 aromatic carbocycles. The first kappa shape index (κ1) is 15.2. The summed E-state index contributed by atoms with van der Waals surface area (Å²) in [7, 11) is 3.91. The van der Waals surface area contributed by atoms with Gasteiger partial charge in [0.2, 0.25) is 6.79 Å². The van der Waals surface area contributed by atoms with E-state index >= 15 is 0 Å². The van der Waals surface area contributed by atoms with Gasteiger partial charge in [-0.3, -0.25) is 4.79 Å². The fourth-order valence-electron chi connectivity index (χ4n) is 2.44. The molecule has 0 radical (unpaired) electrons. The quantitative estimate of drug-likeness (QED) is 0.921. The van der Waals surface area contributed by atoms with E-state index < -0.39 is 0 Å². The first-order chi connectivity index (χ1) is 11.1. The van der Waals surface area contributed by atoms with Gasteiger partial charge < -0.3 is 19.7 Å². The topological polar surface area (TPSA) is 50.8 Å². The molecule has 0 saturated carbocycles. The summed E-state index contributed by atoms with van der Waals surface area (Å²) < 4.78 is 10.6. The van der Waals surface area contributed by atoms with Crippen LogP contribution in [0.5, 0.6) is 11.5 Å². The van der Waals surface area contributed by atoms with E-state index in [1.54, 1.807) is 0 Å². The Morgan fingerprint density at radius 2 is 1.96 bits per heavy atom. The van der Waals surface area contributed by atoms with Crippen LogP contribution in [0.15, 0.2) is 42.5 Å². The molecule has 5 heteroatoms. The highest BCUT2D eigenvalue weighted by molar-refractivity contribution is 5.95. The summed E-state index contributed by atoms with van der Waals surface area (Å²) in [6.07, 6.45) is 0.746. The monoisotopic (exact) mass is 312 g/mol. The second kappa shape index (κ2) is 6.60. The fraction of sp³-hybridized carbons (Fsp3) is 0.278. The number of rotatable bonds is 5. The van der Waals surface area contributed by atoms with E-state index in [0.29, 0.717) is 12.1 Å². The highest BCUT2D eigenvalue weighted by atomic mass is 16.7. The maximum atomic E-state index is 12.2. The van der Waals surface area contributed by atoms with E-state index in [1.165, 1.54) is 0 Å². The highest BCUT2D eigenvalue weighted by Gasteiger charge is 2.13. The molecule has 3 rings (SSSR count). The molecule has 0 aliphatic carbocycles. The third-order valence-corrected chi connectivity index (χ3v) is 3.76. The minimum Gasteiger partial charge on any atom is -0.454 e. The van der Waals surface area contributed by atoms with Gasteiger partial charge in [0.15, 0.2) is 11.5 Å². The van der Waals surface area contributed by atoms with Gasteiger partial charge in [0, 0.05) is 31.9 Å². The molecule has 0 aromatic heterocycles. The maximum Gasteiger partial charge on any atom is 0.251 e. The van der Waals surface area contributed by atoms with E-state index in [4.69, 9.17) is 9.47 Å². The Balaban J connectivity index is 1.56. The van der Waals surface area contributed by atoms with Gasteiger partial charge >= 0.3 is 0 Å². The second-order valence-electron chi connectivity index (χ2n) is 5.64. The Bertz CT molecular complexity index is 713. The zero-order chi connectivity index (χ0) is 16.2. The van der Waals surface area contributed by atoms with Crippen LogP contribution in [-0.4, -0.2) is 33.3 Å². The van der Waals surface area contributed by atoms with Crippen molar-refractivity contribution >= 4 is 11.6 Å². The van der Waals surface area contributed by atoms with Crippen molar-refractivity contribution in [3.63, 3.8) is 0 Å². The van der Waals surface area contributed by atoms with Gasteiger partial charge in [-0.25, -0.2) is 0 Å². The first-order valence-electron chi connectivity index (χ1n) is 7.57. The van der Waals surface area contributed by atoms with Crippen molar-refractivity contribution in [2.75, 3.05) is 32.3 Å². The summed E-state index contributed by atoms with van der Waals surface area (Å²) in [6.45, 7) is 0.850. The predicted molar refractivity (Wildman–Crippen MR) is 89.4 cm³/mol. The molecule has 120 valence electrons. The van der Waals surface area contributed by atoms with Crippen LogP contribution in [0.1, 0.15) is 15.9 Å². The second-order valence-corrected chi connectivity index (χ2v) is 5.64. The number of nitrogens with one attached hydrogen (secondary N) is 1. The van der Waals surface area contributed by atoms with Gasteiger partial charge in [-0.15, -0.1) is 0 Å². The lowest BCUT2D eigenvalue weighted by molar-refractivity contribution is 0.0954. The molecule has 1 amide bonds. The highest BCUT2D eigenvalue weighted by Crippen LogP contribution is 2.32. The van der Waals surface area contributed by atoms with Crippen LogP contribution in [0.2, 0.25) is 0 Å². The number of benzene rings is 2. The molecule has 5 nitrogen and oxygen atoms in total. The molecule has 1 N–H and O–H groups in total. The van der Waals surface area contributed by atoms with Crippen LogP contribution in [0.4, 0.5) is 5.69 Å². The molecule has 0 fully saturated rings. The molecule has 2 aromatic rings. The van der Waals surface area contributed by atoms with Crippen LogP contribution in [0.3, 0.4) is 0 Å². The smallest absolute Gasteiger partial charge is 0.251 e. The van der Waals surface area contributed by atoms with E-state index in [9.17, 15) is 4.79 Å². The SMILES string of the molecule is CN(C)c1cccc(C(=O)NCCc2ccc3c(c2)OCO3)c1. The van der Waals surface area contributed by atoms with Gasteiger partial charge in [-0.2, -0.15) is 0 Å². The van der Waals surface area contributed by atoms with E-state index in [0.717, 1.165) is 29.2 Å². The van der Waals surface area contributed by atoms with Crippen molar-refractivity contribution in [2.24, 2.45) is 0 Å². The van der Waals surface area contributed by atoms with Crippen molar-refractivity contribution < 1.29 is 14.3 Å². The molecule has 1 heterocycles. The number of ether oxygens (including phenoxy) is 2. The zero-order valence-electron chi connectivity index (χ0n) is 13.3. The number of fused-ring (bicyclic) bond motifs is 1. The van der Waals surface area contributed by atoms with E-state index in [-0.39, 0.29) is 12.7 Å². The normalized spacial score (nSPS) is 12.1. The minimum atomic E-state index is -0.0607. The maximum absolute atomic E-state index is 12.2. The van der Waals surface area contributed by atoms with Gasteiger partial charge in [-0.1, -0.05) is 12.1 Å². The van der Waals surface area contributed by atoms with Crippen molar-refractivity contribution in [1.82, 2.24) is 5.32 Å². The standard InChI is InChI=1S/C18H20N2O3/c1-20(2)15-5-3-4-14(11-15)18(21)19-9-8-13-6-7-16-17(10-13)23-12-22-16/h3-7,10-11H,8-9,12H2,1-2H3,(H,19,21). The summed E-state index contributed by atoms with van der Waals surface area (Å²) in [6, 6.07) is 13.4. The molecular weight excluding hydrogens is 292 g/mol. The Morgan fingerprint density at radius 3 is 2.78 bits per heavy atom. The Morgan fingerprint density at radius 1 is 1.13 bits per heavy atom. The number of hydrogen-bond donors (Lipinski definition) is 1. The number of hydrogen-bond acceptors (Lipinski definition) is 4. The Hall–Kier alpha value is -2.69. The average molecular weight is 312 g/mol. The van der Waals surface area contributed by atoms with Gasteiger partial charge in [-0.05, 0) is 42.3 Å². The lowest BCUT2D eigenvalue weighted by Gasteiger charge is -2.13. The van der Waals surface area contributed by atoms with Crippen molar-refractivity contribution in [1.29, 1.82) is 0 Å². The lowest BCUT2D eigenvalue weighted by atomic mass is 10.1. The number of carbonyl (C=O) groups excluding carboxylic acids is 1. The molecule has 1 aliphatic rings. The first-order valence-corrected chi connectivity index (χ1v) is 7.57. The summed E-state index contributed by atoms with van der Waals surface area (Å²) >= 11 is 0. The van der Waals surface area contributed by atoms with Crippen molar-refractivity contribution in [3.8, 4) is 11.5 Å². The van der Waals surface area contributed by atoms with Crippen LogP contribution < -0.4 is 19.7 Å². The third-order valence-electron chi connectivity index (χ3n) is 3.76. The molecule has 0 unspecified atom stereocenters.